The maximum atomic E-state index is 11.2. The second-order valence-corrected chi connectivity index (χ2v) is 4.53. The molecular weight excluding hydrogens is 302 g/mol. The van der Waals surface area contributed by atoms with Crippen molar-refractivity contribution in [2.24, 2.45) is 4.99 Å². The van der Waals surface area contributed by atoms with Crippen LogP contribution >= 0.6 is 23.8 Å². The zero-order valence-electron chi connectivity index (χ0n) is 10.7. The minimum absolute atomic E-state index is 0.220. The lowest BCUT2D eigenvalue weighted by Gasteiger charge is -2.17. The molecule has 0 aromatic heterocycles. The smallest absolute Gasteiger partial charge is 0.308 e. The maximum absolute atomic E-state index is 11.2. The molecule has 2 N–H and O–H groups in total. The molecule has 0 spiro atoms. The molecule has 0 heterocycles. The van der Waals surface area contributed by atoms with E-state index in [2.05, 4.69) is 22.4 Å². The number of esters is 1. The largest absolute Gasteiger partial charge is 0.466 e. The number of rotatable bonds is 6. The Morgan fingerprint density at radius 2 is 2.25 bits per heavy atom. The average molecular weight is 316 g/mol. The first-order chi connectivity index (χ1) is 9.49. The van der Waals surface area contributed by atoms with Crippen LogP contribution in [0.5, 0.6) is 0 Å². The van der Waals surface area contributed by atoms with E-state index in [0.717, 1.165) is 0 Å². The molecule has 0 saturated heterocycles. The van der Waals surface area contributed by atoms with Crippen LogP contribution in [0.2, 0.25) is 5.02 Å². The van der Waals surface area contributed by atoms with Gasteiger partial charge < -0.3 is 14.9 Å². The third kappa shape index (κ3) is 4.67. The Balaban J connectivity index is 2.81. The van der Waals surface area contributed by atoms with E-state index < -0.39 is 18.2 Å². The minimum Gasteiger partial charge on any atom is -0.466 e. The standard InChI is InChI=1S/C13H14ClNO4S/c1-2-19-12(17)6-11(16)13(18)8-3-4-10(15-7-20)9(14)5-8/h3-5,11,13,16,18H,2,6H2,1H3. The van der Waals surface area contributed by atoms with E-state index >= 15 is 0 Å². The van der Waals surface area contributed by atoms with Gasteiger partial charge >= 0.3 is 5.97 Å². The van der Waals surface area contributed by atoms with Gasteiger partial charge in [0.1, 0.15) is 6.10 Å². The second kappa shape index (κ2) is 8.09. The van der Waals surface area contributed by atoms with Gasteiger partial charge in [-0.15, -0.1) is 0 Å². The number of halogens is 1. The summed E-state index contributed by atoms with van der Waals surface area (Å²) < 4.78 is 4.70. The highest BCUT2D eigenvalue weighted by molar-refractivity contribution is 7.78. The van der Waals surface area contributed by atoms with Gasteiger partial charge in [0.15, 0.2) is 0 Å². The molecule has 7 heteroatoms. The number of thiocarbonyl (C=S) groups is 1. The number of aliphatic imine (C=N–C) groups is 1. The van der Waals surface area contributed by atoms with Crippen LogP contribution in [0.25, 0.3) is 0 Å². The molecule has 0 aliphatic carbocycles. The summed E-state index contributed by atoms with van der Waals surface area (Å²) in [5.74, 6) is -0.577. The van der Waals surface area contributed by atoms with Gasteiger partial charge in [-0.3, -0.25) is 4.79 Å². The molecule has 1 aromatic rings. The summed E-state index contributed by atoms with van der Waals surface area (Å²) in [6, 6.07) is 4.53. The first-order valence-corrected chi connectivity index (χ1v) is 6.67. The zero-order valence-corrected chi connectivity index (χ0v) is 12.3. The second-order valence-electron chi connectivity index (χ2n) is 3.94. The van der Waals surface area contributed by atoms with Crippen LogP contribution in [0.3, 0.4) is 0 Å². The van der Waals surface area contributed by atoms with Gasteiger partial charge in [-0.05, 0) is 36.8 Å². The highest BCUT2D eigenvalue weighted by Crippen LogP contribution is 2.29. The lowest BCUT2D eigenvalue weighted by atomic mass is 10.0. The Morgan fingerprint density at radius 3 is 2.80 bits per heavy atom. The van der Waals surface area contributed by atoms with E-state index in [4.69, 9.17) is 16.3 Å². The molecule has 0 amide bonds. The Hall–Kier alpha value is -1.30. The van der Waals surface area contributed by atoms with Crippen LogP contribution in [0.15, 0.2) is 23.2 Å². The van der Waals surface area contributed by atoms with Crippen molar-refractivity contribution in [2.75, 3.05) is 6.61 Å². The number of hydrogen-bond acceptors (Lipinski definition) is 6. The van der Waals surface area contributed by atoms with Crippen molar-refractivity contribution in [1.29, 1.82) is 0 Å². The van der Waals surface area contributed by atoms with Crippen molar-refractivity contribution in [3.05, 3.63) is 28.8 Å². The molecule has 5 nitrogen and oxygen atoms in total. The van der Waals surface area contributed by atoms with Crippen LogP contribution in [0, 0.1) is 0 Å². The fourth-order valence-corrected chi connectivity index (χ4v) is 1.90. The molecular formula is C13H14ClNO4S. The van der Waals surface area contributed by atoms with E-state index in [-0.39, 0.29) is 18.1 Å². The number of carbonyl (C=O) groups excluding carboxylic acids is 1. The predicted molar refractivity (Wildman–Crippen MR) is 78.4 cm³/mol. The van der Waals surface area contributed by atoms with Gasteiger partial charge in [-0.1, -0.05) is 17.7 Å². The van der Waals surface area contributed by atoms with Gasteiger partial charge in [-0.25, -0.2) is 0 Å². The summed E-state index contributed by atoms with van der Waals surface area (Å²) in [5.41, 5.74) is 0.785. The maximum Gasteiger partial charge on any atom is 0.308 e. The van der Waals surface area contributed by atoms with Crippen LogP contribution in [0.1, 0.15) is 25.0 Å². The first kappa shape index (κ1) is 16.8. The van der Waals surface area contributed by atoms with Crippen molar-refractivity contribution in [3.8, 4) is 0 Å². The number of ether oxygens (including phenoxy) is 1. The van der Waals surface area contributed by atoms with Crippen molar-refractivity contribution in [1.82, 2.24) is 0 Å². The zero-order chi connectivity index (χ0) is 15.1. The summed E-state index contributed by atoms with van der Waals surface area (Å²) in [4.78, 5) is 15.0. The van der Waals surface area contributed by atoms with E-state index in [0.29, 0.717) is 11.3 Å². The molecule has 1 rings (SSSR count). The Bertz CT molecular complexity index is 531. The number of isothiocyanates is 1. The third-order valence-corrected chi connectivity index (χ3v) is 2.92. The van der Waals surface area contributed by atoms with E-state index in [1.54, 1.807) is 6.92 Å². The lowest BCUT2D eigenvalue weighted by molar-refractivity contribution is -0.147. The number of carbonyl (C=O) groups is 1. The minimum atomic E-state index is -1.27. The molecule has 20 heavy (non-hydrogen) atoms. The van der Waals surface area contributed by atoms with E-state index in [1.165, 1.54) is 18.2 Å². The number of hydrogen-bond donors (Lipinski definition) is 2. The van der Waals surface area contributed by atoms with E-state index in [1.807, 2.05) is 0 Å². The van der Waals surface area contributed by atoms with Crippen LogP contribution in [-0.4, -0.2) is 34.1 Å². The molecule has 0 bridgehead atoms. The summed E-state index contributed by atoms with van der Waals surface area (Å²) in [6.07, 6.45) is -2.82. The van der Waals surface area contributed by atoms with Crippen molar-refractivity contribution < 1.29 is 19.7 Å². The van der Waals surface area contributed by atoms with Crippen molar-refractivity contribution in [3.63, 3.8) is 0 Å². The fourth-order valence-electron chi connectivity index (χ4n) is 1.57. The third-order valence-electron chi connectivity index (χ3n) is 2.52. The molecule has 0 radical (unpaired) electrons. The lowest BCUT2D eigenvalue weighted by Crippen LogP contribution is -2.23. The Kier molecular flexibility index (Phi) is 6.78. The number of nitrogens with zero attached hydrogens (tertiary/aromatic N) is 1. The summed E-state index contributed by atoms with van der Waals surface area (Å²) in [7, 11) is 0. The normalized spacial score (nSPS) is 13.2. The van der Waals surface area contributed by atoms with Crippen LogP contribution in [0.4, 0.5) is 5.69 Å². The topological polar surface area (TPSA) is 79.1 Å². The van der Waals surface area contributed by atoms with E-state index in [9.17, 15) is 15.0 Å². The average Bonchev–Trinajstić information content (AvgIpc) is 2.40. The Morgan fingerprint density at radius 1 is 1.55 bits per heavy atom. The number of aliphatic hydroxyl groups is 2. The van der Waals surface area contributed by atoms with Gasteiger partial charge in [0.05, 0.1) is 35.0 Å². The fraction of sp³-hybridized carbons (Fsp3) is 0.385. The van der Waals surface area contributed by atoms with Crippen LogP contribution < -0.4 is 0 Å². The monoisotopic (exact) mass is 315 g/mol. The molecule has 0 fully saturated rings. The molecule has 1 aromatic carbocycles. The van der Waals surface area contributed by atoms with Gasteiger partial charge in [0.25, 0.3) is 0 Å². The molecule has 2 atom stereocenters. The van der Waals surface area contributed by atoms with Crippen molar-refractivity contribution >= 4 is 40.6 Å². The quantitative estimate of drug-likeness (QED) is 0.479. The molecule has 108 valence electrons. The molecule has 0 saturated carbocycles. The highest BCUT2D eigenvalue weighted by atomic mass is 35.5. The Labute approximate surface area is 126 Å². The number of aliphatic hydroxyl groups excluding tert-OH is 2. The van der Waals surface area contributed by atoms with Gasteiger partial charge in [-0.2, -0.15) is 4.99 Å². The summed E-state index contributed by atoms with van der Waals surface area (Å²) >= 11 is 10.4. The molecule has 0 aliphatic rings. The summed E-state index contributed by atoms with van der Waals surface area (Å²) in [5, 5.41) is 22.2. The molecule has 2 unspecified atom stereocenters. The van der Waals surface area contributed by atoms with Gasteiger partial charge in [0.2, 0.25) is 0 Å². The SMILES string of the molecule is CCOC(=O)CC(O)C(O)c1ccc(N=C=S)c(Cl)c1. The molecule has 0 aliphatic heterocycles. The van der Waals surface area contributed by atoms with Gasteiger partial charge in [0, 0.05) is 0 Å². The highest BCUT2D eigenvalue weighted by Gasteiger charge is 2.22. The van der Waals surface area contributed by atoms with Crippen molar-refractivity contribution in [2.45, 2.75) is 25.6 Å². The first-order valence-electron chi connectivity index (χ1n) is 5.88. The predicted octanol–water partition coefficient (Wildman–Crippen LogP) is 2.42. The van der Waals surface area contributed by atoms with Crippen LogP contribution in [-0.2, 0) is 9.53 Å². The number of benzene rings is 1. The summed E-state index contributed by atoms with van der Waals surface area (Å²) in [6.45, 7) is 1.88.